The van der Waals surface area contributed by atoms with Gasteiger partial charge in [0.05, 0.1) is 18.7 Å². The first kappa shape index (κ1) is 18.1. The Bertz CT molecular complexity index is 736. The van der Waals surface area contributed by atoms with Gasteiger partial charge in [-0.05, 0) is 19.1 Å². The van der Waals surface area contributed by atoms with E-state index < -0.39 is 0 Å². The maximum Gasteiger partial charge on any atom is 0.234 e. The fourth-order valence-corrected chi connectivity index (χ4v) is 2.98. The van der Waals surface area contributed by atoms with Crippen LogP contribution in [0.5, 0.6) is 0 Å². The number of rotatable bonds is 6. The van der Waals surface area contributed by atoms with Crippen LogP contribution < -0.4 is 5.32 Å². The van der Waals surface area contributed by atoms with E-state index >= 15 is 0 Å². The maximum atomic E-state index is 12.5. The number of aromatic nitrogens is 1. The second-order valence-electron chi connectivity index (χ2n) is 6.30. The van der Waals surface area contributed by atoms with Crippen LogP contribution in [0.2, 0.25) is 0 Å². The molecule has 2 aromatic rings. The molecule has 1 saturated heterocycles. The number of oxazole rings is 1. The molecular formula is C19H24N4O3. The highest BCUT2D eigenvalue weighted by molar-refractivity contribution is 5.79. The lowest BCUT2D eigenvalue weighted by Crippen LogP contribution is -2.51. The lowest BCUT2D eigenvalue weighted by Gasteiger charge is -2.34. The number of amides is 2. The summed E-state index contributed by atoms with van der Waals surface area (Å²) in [6.45, 7) is 5.60. The van der Waals surface area contributed by atoms with Crippen molar-refractivity contribution >= 4 is 11.8 Å². The van der Waals surface area contributed by atoms with Gasteiger partial charge in [0.2, 0.25) is 17.7 Å². The zero-order valence-electron chi connectivity index (χ0n) is 15.0. The van der Waals surface area contributed by atoms with Crippen LogP contribution in [0.3, 0.4) is 0 Å². The molecule has 2 heterocycles. The summed E-state index contributed by atoms with van der Waals surface area (Å²) >= 11 is 0. The molecule has 1 aromatic heterocycles. The van der Waals surface area contributed by atoms with Crippen molar-refractivity contribution in [2.45, 2.75) is 13.3 Å². The number of likely N-dealkylation sites (N-methyl/N-ethyl adjacent to an activating group) is 1. The highest BCUT2D eigenvalue weighted by Gasteiger charge is 2.23. The summed E-state index contributed by atoms with van der Waals surface area (Å²) in [6.07, 6.45) is 1.78. The third kappa shape index (κ3) is 4.70. The molecule has 0 aliphatic carbocycles. The largest absolute Gasteiger partial charge is 0.444 e. The molecule has 138 valence electrons. The zero-order valence-corrected chi connectivity index (χ0v) is 15.0. The summed E-state index contributed by atoms with van der Waals surface area (Å²) < 4.78 is 5.49. The van der Waals surface area contributed by atoms with Crippen molar-refractivity contribution in [1.82, 2.24) is 20.1 Å². The Morgan fingerprint density at radius 3 is 2.58 bits per heavy atom. The zero-order chi connectivity index (χ0) is 18.4. The normalized spacial score (nSPS) is 15.0. The summed E-state index contributed by atoms with van der Waals surface area (Å²) in [4.78, 5) is 32.4. The van der Waals surface area contributed by atoms with E-state index in [0.717, 1.165) is 5.56 Å². The van der Waals surface area contributed by atoms with Crippen molar-refractivity contribution in [3.8, 4) is 11.5 Å². The summed E-state index contributed by atoms with van der Waals surface area (Å²) in [5.41, 5.74) is 1.53. The Labute approximate surface area is 153 Å². The van der Waals surface area contributed by atoms with Gasteiger partial charge in [-0.3, -0.25) is 14.5 Å². The van der Waals surface area contributed by atoms with Gasteiger partial charge in [-0.15, -0.1) is 0 Å². The van der Waals surface area contributed by atoms with Crippen molar-refractivity contribution < 1.29 is 14.0 Å². The lowest BCUT2D eigenvalue weighted by molar-refractivity contribution is -0.132. The first-order chi connectivity index (χ1) is 12.7. The summed E-state index contributed by atoms with van der Waals surface area (Å²) in [7, 11) is 0. The molecule has 0 atom stereocenters. The Hall–Kier alpha value is -2.67. The lowest BCUT2D eigenvalue weighted by atomic mass is 10.2. The van der Waals surface area contributed by atoms with Crippen LogP contribution in [0.4, 0.5) is 0 Å². The first-order valence-corrected chi connectivity index (χ1v) is 8.92. The molecule has 7 nitrogen and oxygen atoms in total. The predicted molar refractivity (Wildman–Crippen MR) is 97.3 cm³/mol. The van der Waals surface area contributed by atoms with E-state index in [0.29, 0.717) is 50.9 Å². The molecular weight excluding hydrogens is 332 g/mol. The van der Waals surface area contributed by atoms with Gasteiger partial charge < -0.3 is 14.6 Å². The van der Waals surface area contributed by atoms with Crippen molar-refractivity contribution in [3.63, 3.8) is 0 Å². The number of benzene rings is 1. The van der Waals surface area contributed by atoms with Gasteiger partial charge in [0.1, 0.15) is 6.26 Å². The molecule has 0 radical (unpaired) electrons. The number of hydrogen-bond donors (Lipinski definition) is 1. The topological polar surface area (TPSA) is 78.7 Å². The fraction of sp³-hybridized carbons (Fsp3) is 0.421. The molecule has 1 aliphatic heterocycles. The second kappa shape index (κ2) is 8.62. The van der Waals surface area contributed by atoms with Gasteiger partial charge in [0.25, 0.3) is 0 Å². The molecule has 3 rings (SSSR count). The average molecular weight is 356 g/mol. The van der Waals surface area contributed by atoms with Crippen LogP contribution in [-0.4, -0.2) is 65.9 Å². The van der Waals surface area contributed by atoms with Crippen molar-refractivity contribution in [2.75, 3.05) is 39.3 Å². The van der Waals surface area contributed by atoms with E-state index in [9.17, 15) is 9.59 Å². The van der Waals surface area contributed by atoms with Crippen molar-refractivity contribution in [3.05, 3.63) is 42.3 Å². The van der Waals surface area contributed by atoms with Crippen molar-refractivity contribution in [2.24, 2.45) is 0 Å². The molecule has 1 N–H and O–H groups in total. The molecule has 0 spiro atoms. The predicted octanol–water partition coefficient (Wildman–Crippen LogP) is 1.16. The standard InChI is InChI=1S/C19H24N4O3/c1-2-20-17(24)13-22-8-10-23(11-9-22)18(25)12-16-14-26-19(21-16)15-6-4-3-5-7-15/h3-7,14H,2,8-13H2,1H3,(H,20,24). The summed E-state index contributed by atoms with van der Waals surface area (Å²) in [5, 5.41) is 2.80. The van der Waals surface area contributed by atoms with E-state index in [2.05, 4.69) is 15.2 Å². The SMILES string of the molecule is CCNC(=O)CN1CCN(C(=O)Cc2coc(-c3ccccc3)n2)CC1. The molecule has 1 fully saturated rings. The smallest absolute Gasteiger partial charge is 0.234 e. The molecule has 0 unspecified atom stereocenters. The number of piperazine rings is 1. The number of hydrogen-bond acceptors (Lipinski definition) is 5. The minimum absolute atomic E-state index is 0.0308. The summed E-state index contributed by atoms with van der Waals surface area (Å²) in [6, 6.07) is 9.62. The van der Waals surface area contributed by atoms with Gasteiger partial charge in [-0.2, -0.15) is 0 Å². The third-order valence-electron chi connectivity index (χ3n) is 4.37. The Morgan fingerprint density at radius 1 is 1.15 bits per heavy atom. The Balaban J connectivity index is 1.49. The van der Waals surface area contributed by atoms with Gasteiger partial charge in [-0.25, -0.2) is 4.98 Å². The monoisotopic (exact) mass is 356 g/mol. The second-order valence-corrected chi connectivity index (χ2v) is 6.30. The molecule has 0 saturated carbocycles. The fourth-order valence-electron chi connectivity index (χ4n) is 2.98. The van der Waals surface area contributed by atoms with Crippen LogP contribution in [0, 0.1) is 0 Å². The number of carbonyl (C=O) groups excluding carboxylic acids is 2. The van der Waals surface area contributed by atoms with Crippen LogP contribution in [0.15, 0.2) is 41.0 Å². The third-order valence-corrected chi connectivity index (χ3v) is 4.37. The van der Waals surface area contributed by atoms with Gasteiger partial charge >= 0.3 is 0 Å². The molecule has 2 amide bonds. The van der Waals surface area contributed by atoms with E-state index in [1.165, 1.54) is 0 Å². The highest BCUT2D eigenvalue weighted by atomic mass is 16.3. The molecule has 1 aromatic carbocycles. The minimum Gasteiger partial charge on any atom is -0.444 e. The van der Waals surface area contributed by atoms with Gasteiger partial charge in [-0.1, -0.05) is 18.2 Å². The average Bonchev–Trinajstić information content (AvgIpc) is 3.12. The molecule has 0 bridgehead atoms. The van der Waals surface area contributed by atoms with Gasteiger partial charge in [0, 0.05) is 38.3 Å². The van der Waals surface area contributed by atoms with E-state index in [-0.39, 0.29) is 18.2 Å². The Kier molecular flexibility index (Phi) is 6.01. The minimum atomic E-state index is 0.0308. The highest BCUT2D eigenvalue weighted by Crippen LogP contribution is 2.18. The van der Waals surface area contributed by atoms with Crippen LogP contribution in [-0.2, 0) is 16.0 Å². The molecule has 7 heteroatoms. The maximum absolute atomic E-state index is 12.5. The number of nitrogens with zero attached hydrogens (tertiary/aromatic N) is 3. The van der Waals surface area contributed by atoms with Crippen LogP contribution in [0.25, 0.3) is 11.5 Å². The van der Waals surface area contributed by atoms with E-state index in [4.69, 9.17) is 4.42 Å². The molecule has 1 aliphatic rings. The van der Waals surface area contributed by atoms with Gasteiger partial charge in [0.15, 0.2) is 0 Å². The number of nitrogens with one attached hydrogen (secondary N) is 1. The molecule has 26 heavy (non-hydrogen) atoms. The van der Waals surface area contributed by atoms with Crippen molar-refractivity contribution in [1.29, 1.82) is 0 Å². The van der Waals surface area contributed by atoms with E-state index in [1.54, 1.807) is 6.26 Å². The number of carbonyl (C=O) groups is 2. The first-order valence-electron chi connectivity index (χ1n) is 8.92. The van der Waals surface area contributed by atoms with Crippen LogP contribution in [0.1, 0.15) is 12.6 Å². The summed E-state index contributed by atoms with van der Waals surface area (Å²) in [5.74, 6) is 0.596. The quantitative estimate of drug-likeness (QED) is 0.840. The van der Waals surface area contributed by atoms with E-state index in [1.807, 2.05) is 42.2 Å². The Morgan fingerprint density at radius 2 is 1.88 bits per heavy atom. The van der Waals surface area contributed by atoms with Crippen LogP contribution >= 0.6 is 0 Å².